The number of hydrogen-bond acceptors (Lipinski definition) is 2. The van der Waals surface area contributed by atoms with Gasteiger partial charge in [0.15, 0.2) is 0 Å². The van der Waals surface area contributed by atoms with E-state index < -0.39 is 0 Å². The topological polar surface area (TPSA) is 29.3 Å². The van der Waals surface area contributed by atoms with Gasteiger partial charge in [0, 0.05) is 6.04 Å². The highest BCUT2D eigenvalue weighted by atomic mass is 15.1. The highest BCUT2D eigenvalue weighted by Gasteiger charge is 2.26. The van der Waals surface area contributed by atoms with Crippen LogP contribution in [0.1, 0.15) is 44.1 Å². The number of unbranched alkanes of at least 4 members (excludes halogenated alkanes) is 1. The Morgan fingerprint density at radius 2 is 1.85 bits per heavy atom. The van der Waals surface area contributed by atoms with E-state index in [0.717, 1.165) is 18.5 Å². The minimum Gasteiger partial charge on any atom is -0.330 e. The minimum absolute atomic E-state index is 0.725. The zero-order chi connectivity index (χ0) is 14.2. The van der Waals surface area contributed by atoms with Crippen LogP contribution in [0.5, 0.6) is 0 Å². The van der Waals surface area contributed by atoms with Crippen molar-refractivity contribution in [1.29, 1.82) is 0 Å². The normalized spacial score (nSPS) is 23.1. The van der Waals surface area contributed by atoms with Gasteiger partial charge in [0.05, 0.1) is 0 Å². The van der Waals surface area contributed by atoms with E-state index in [-0.39, 0.29) is 0 Å². The smallest absolute Gasteiger partial charge is 0.0132 e. The number of nitrogens with zero attached hydrogens (tertiary/aromatic N) is 1. The lowest BCUT2D eigenvalue weighted by atomic mass is 9.83. The average Bonchev–Trinajstić information content (AvgIpc) is 2.52. The van der Waals surface area contributed by atoms with Gasteiger partial charge in [-0.3, -0.25) is 0 Å². The Hall–Kier alpha value is -0.860. The molecule has 2 rings (SSSR count). The van der Waals surface area contributed by atoms with Crippen LogP contribution in [0, 0.1) is 5.92 Å². The standard InChI is InChI=1S/C18H30N2/c1-20(18-13-6-5-12-17(18)15-19)14-8-7-11-16-9-3-2-4-10-16/h2-4,9-10,17-18H,5-8,11-15,19H2,1H3. The van der Waals surface area contributed by atoms with Crippen molar-refractivity contribution >= 4 is 0 Å². The van der Waals surface area contributed by atoms with Gasteiger partial charge in [-0.2, -0.15) is 0 Å². The molecule has 2 heteroatoms. The van der Waals surface area contributed by atoms with Crippen LogP contribution in [0.4, 0.5) is 0 Å². The molecule has 112 valence electrons. The molecule has 1 aliphatic carbocycles. The highest BCUT2D eigenvalue weighted by Crippen LogP contribution is 2.27. The fourth-order valence-corrected chi connectivity index (χ4v) is 3.54. The van der Waals surface area contributed by atoms with Crippen molar-refractivity contribution in [2.75, 3.05) is 20.1 Å². The Bertz CT molecular complexity index is 363. The largest absolute Gasteiger partial charge is 0.330 e. The van der Waals surface area contributed by atoms with Gasteiger partial charge in [0.25, 0.3) is 0 Å². The van der Waals surface area contributed by atoms with Gasteiger partial charge >= 0.3 is 0 Å². The van der Waals surface area contributed by atoms with Crippen LogP contribution in [-0.4, -0.2) is 31.1 Å². The van der Waals surface area contributed by atoms with Crippen LogP contribution in [0.25, 0.3) is 0 Å². The third kappa shape index (κ3) is 4.60. The maximum atomic E-state index is 5.94. The predicted octanol–water partition coefficient (Wildman–Crippen LogP) is 3.46. The Balaban J connectivity index is 1.68. The zero-order valence-corrected chi connectivity index (χ0v) is 12.9. The summed E-state index contributed by atoms with van der Waals surface area (Å²) in [6.45, 7) is 2.08. The molecule has 0 aromatic heterocycles. The summed E-state index contributed by atoms with van der Waals surface area (Å²) in [5, 5.41) is 0. The second kappa shape index (κ2) is 8.43. The SMILES string of the molecule is CN(CCCCc1ccccc1)C1CCCCC1CN. The summed E-state index contributed by atoms with van der Waals surface area (Å²) in [6, 6.07) is 11.5. The average molecular weight is 274 g/mol. The molecule has 1 saturated carbocycles. The number of hydrogen-bond donors (Lipinski definition) is 1. The fourth-order valence-electron chi connectivity index (χ4n) is 3.54. The molecule has 2 N–H and O–H groups in total. The van der Waals surface area contributed by atoms with Crippen molar-refractivity contribution in [3.63, 3.8) is 0 Å². The van der Waals surface area contributed by atoms with Crippen molar-refractivity contribution in [2.45, 2.75) is 51.0 Å². The van der Waals surface area contributed by atoms with Gasteiger partial charge in [-0.05, 0) is 63.7 Å². The molecule has 1 fully saturated rings. The molecule has 0 radical (unpaired) electrons. The molecule has 1 aliphatic rings. The van der Waals surface area contributed by atoms with E-state index in [1.54, 1.807) is 0 Å². The number of nitrogens with two attached hydrogens (primary N) is 1. The van der Waals surface area contributed by atoms with Gasteiger partial charge in [-0.1, -0.05) is 43.2 Å². The number of aryl methyl sites for hydroxylation is 1. The third-order valence-electron chi connectivity index (χ3n) is 4.81. The molecule has 2 unspecified atom stereocenters. The van der Waals surface area contributed by atoms with Gasteiger partial charge in [-0.25, -0.2) is 0 Å². The first-order valence-corrected chi connectivity index (χ1v) is 8.25. The molecule has 0 heterocycles. The lowest BCUT2D eigenvalue weighted by Crippen LogP contribution is -2.43. The van der Waals surface area contributed by atoms with E-state index >= 15 is 0 Å². The highest BCUT2D eigenvalue weighted by molar-refractivity contribution is 5.14. The van der Waals surface area contributed by atoms with Gasteiger partial charge < -0.3 is 10.6 Å². The Morgan fingerprint density at radius 3 is 2.60 bits per heavy atom. The van der Waals surface area contributed by atoms with Crippen LogP contribution in [0.2, 0.25) is 0 Å². The van der Waals surface area contributed by atoms with Gasteiger partial charge in [-0.15, -0.1) is 0 Å². The summed E-state index contributed by atoms with van der Waals surface area (Å²) < 4.78 is 0. The van der Waals surface area contributed by atoms with Crippen molar-refractivity contribution in [3.8, 4) is 0 Å². The van der Waals surface area contributed by atoms with E-state index in [9.17, 15) is 0 Å². The van der Waals surface area contributed by atoms with Crippen LogP contribution in [0.3, 0.4) is 0 Å². The number of benzene rings is 1. The summed E-state index contributed by atoms with van der Waals surface area (Å²) in [7, 11) is 2.29. The first kappa shape index (κ1) is 15.5. The third-order valence-corrected chi connectivity index (χ3v) is 4.81. The summed E-state index contributed by atoms with van der Waals surface area (Å²) in [5.74, 6) is 0.725. The second-order valence-corrected chi connectivity index (χ2v) is 6.27. The molecule has 2 nitrogen and oxygen atoms in total. The van der Waals surface area contributed by atoms with Crippen LogP contribution >= 0.6 is 0 Å². The van der Waals surface area contributed by atoms with E-state index in [2.05, 4.69) is 42.3 Å². The van der Waals surface area contributed by atoms with E-state index in [1.165, 1.54) is 57.1 Å². The molecule has 0 saturated heterocycles. The Kier molecular flexibility index (Phi) is 6.55. The summed E-state index contributed by atoms with van der Waals surface area (Å²) >= 11 is 0. The molecule has 0 amide bonds. The molecule has 1 aromatic rings. The van der Waals surface area contributed by atoms with Crippen molar-refractivity contribution in [2.24, 2.45) is 11.7 Å². The van der Waals surface area contributed by atoms with Crippen LogP contribution in [-0.2, 0) is 6.42 Å². The van der Waals surface area contributed by atoms with E-state index in [1.807, 2.05) is 0 Å². The van der Waals surface area contributed by atoms with Crippen molar-refractivity contribution < 1.29 is 0 Å². The molecule has 1 aromatic carbocycles. The number of rotatable bonds is 7. The summed E-state index contributed by atoms with van der Waals surface area (Å²) in [5.41, 5.74) is 7.40. The molecule has 20 heavy (non-hydrogen) atoms. The fraction of sp³-hybridized carbons (Fsp3) is 0.667. The van der Waals surface area contributed by atoms with Crippen molar-refractivity contribution in [3.05, 3.63) is 35.9 Å². The molecule has 0 bridgehead atoms. The van der Waals surface area contributed by atoms with Crippen LogP contribution < -0.4 is 5.73 Å². The maximum Gasteiger partial charge on any atom is 0.0132 e. The lowest BCUT2D eigenvalue weighted by molar-refractivity contribution is 0.132. The molecular formula is C18H30N2. The van der Waals surface area contributed by atoms with E-state index in [0.29, 0.717) is 0 Å². The quantitative estimate of drug-likeness (QED) is 0.772. The molecule has 0 aliphatic heterocycles. The van der Waals surface area contributed by atoms with E-state index in [4.69, 9.17) is 5.73 Å². The Morgan fingerprint density at radius 1 is 1.10 bits per heavy atom. The zero-order valence-electron chi connectivity index (χ0n) is 12.9. The summed E-state index contributed by atoms with van der Waals surface area (Å²) in [6.07, 6.45) is 9.22. The van der Waals surface area contributed by atoms with Crippen LogP contribution in [0.15, 0.2) is 30.3 Å². The first-order valence-electron chi connectivity index (χ1n) is 8.25. The first-order chi connectivity index (χ1) is 9.81. The second-order valence-electron chi connectivity index (χ2n) is 6.27. The van der Waals surface area contributed by atoms with Gasteiger partial charge in [0.1, 0.15) is 0 Å². The van der Waals surface area contributed by atoms with Crippen molar-refractivity contribution in [1.82, 2.24) is 4.90 Å². The molecule has 0 spiro atoms. The predicted molar refractivity (Wildman–Crippen MR) is 86.8 cm³/mol. The van der Waals surface area contributed by atoms with Gasteiger partial charge in [0.2, 0.25) is 0 Å². The molecular weight excluding hydrogens is 244 g/mol. The lowest BCUT2D eigenvalue weighted by Gasteiger charge is -2.37. The summed E-state index contributed by atoms with van der Waals surface area (Å²) in [4.78, 5) is 2.57. The Labute approximate surface area is 124 Å². The minimum atomic E-state index is 0.725. The maximum absolute atomic E-state index is 5.94. The molecule has 2 atom stereocenters. The monoisotopic (exact) mass is 274 g/mol.